The van der Waals surface area contributed by atoms with Crippen LogP contribution in [0.25, 0.3) is 0 Å². The number of hydrogen-bond donors (Lipinski definition) is 2. The van der Waals surface area contributed by atoms with Gasteiger partial charge in [-0.25, -0.2) is 4.79 Å². The third kappa shape index (κ3) is 4.97. The largest absolute Gasteiger partial charge is 0.365 e. The normalized spacial score (nSPS) is 21.5. The molecule has 3 rings (SSSR count). The number of carbonyl (C=O) groups excluding carboxylic acids is 2. The fourth-order valence-corrected chi connectivity index (χ4v) is 3.60. The Morgan fingerprint density at radius 1 is 1.19 bits per heavy atom. The van der Waals surface area contributed by atoms with Gasteiger partial charge in [-0.15, -0.1) is 0 Å². The SMILES string of the molecule is CCc1ccc(N2CC(CNC(=O)NC3CCCCC3)OCC2=O)cc1. The van der Waals surface area contributed by atoms with E-state index in [1.54, 1.807) is 4.90 Å². The second-order valence-corrected chi connectivity index (χ2v) is 7.15. The highest BCUT2D eigenvalue weighted by atomic mass is 16.5. The average Bonchev–Trinajstić information content (AvgIpc) is 2.68. The van der Waals surface area contributed by atoms with Crippen LogP contribution in [-0.4, -0.2) is 43.8 Å². The van der Waals surface area contributed by atoms with E-state index >= 15 is 0 Å². The molecule has 1 atom stereocenters. The standard InChI is InChI=1S/C20H29N3O3/c1-2-15-8-10-17(11-9-15)23-13-18(26-14-19(23)24)12-21-20(25)22-16-6-4-3-5-7-16/h8-11,16,18H,2-7,12-14H2,1H3,(H2,21,22,25). The second kappa shape index (κ2) is 9.03. The Morgan fingerprint density at radius 2 is 1.92 bits per heavy atom. The van der Waals surface area contributed by atoms with Gasteiger partial charge in [0.05, 0.1) is 12.6 Å². The summed E-state index contributed by atoms with van der Waals surface area (Å²) in [6.45, 7) is 3.00. The molecule has 0 bridgehead atoms. The van der Waals surface area contributed by atoms with Crippen LogP contribution in [-0.2, 0) is 16.0 Å². The third-order valence-corrected chi connectivity index (χ3v) is 5.22. The molecule has 2 N–H and O–H groups in total. The minimum Gasteiger partial charge on any atom is -0.365 e. The van der Waals surface area contributed by atoms with Crippen molar-refractivity contribution in [2.45, 2.75) is 57.6 Å². The summed E-state index contributed by atoms with van der Waals surface area (Å²) in [6.07, 6.45) is 6.52. The average molecular weight is 359 g/mol. The van der Waals surface area contributed by atoms with Gasteiger partial charge in [0.15, 0.2) is 0 Å². The lowest BCUT2D eigenvalue weighted by Gasteiger charge is -2.33. The predicted molar refractivity (Wildman–Crippen MR) is 101 cm³/mol. The van der Waals surface area contributed by atoms with Crippen LogP contribution < -0.4 is 15.5 Å². The van der Waals surface area contributed by atoms with Crippen LogP contribution in [0.5, 0.6) is 0 Å². The Bertz CT molecular complexity index is 611. The second-order valence-electron chi connectivity index (χ2n) is 7.15. The summed E-state index contributed by atoms with van der Waals surface area (Å²) in [6, 6.07) is 8.18. The maximum absolute atomic E-state index is 12.2. The minimum absolute atomic E-state index is 0.0443. The Kier molecular flexibility index (Phi) is 6.50. The van der Waals surface area contributed by atoms with E-state index in [-0.39, 0.29) is 30.7 Å². The molecule has 6 nitrogen and oxygen atoms in total. The maximum atomic E-state index is 12.2. The number of carbonyl (C=O) groups is 2. The van der Waals surface area contributed by atoms with Crippen molar-refractivity contribution in [2.75, 3.05) is 24.6 Å². The molecule has 1 aliphatic heterocycles. The van der Waals surface area contributed by atoms with Gasteiger partial charge in [-0.2, -0.15) is 0 Å². The van der Waals surface area contributed by atoms with E-state index in [2.05, 4.69) is 17.6 Å². The number of aryl methyl sites for hydroxylation is 1. The Hall–Kier alpha value is -2.08. The number of ether oxygens (including phenoxy) is 1. The number of anilines is 1. The topological polar surface area (TPSA) is 70.7 Å². The highest BCUT2D eigenvalue weighted by Gasteiger charge is 2.28. The van der Waals surface area contributed by atoms with E-state index in [0.29, 0.717) is 13.1 Å². The van der Waals surface area contributed by atoms with Crippen molar-refractivity contribution in [3.63, 3.8) is 0 Å². The number of benzene rings is 1. The number of amides is 3. The minimum atomic E-state index is -0.198. The molecule has 1 unspecified atom stereocenters. The predicted octanol–water partition coefficient (Wildman–Crippen LogP) is 2.61. The van der Waals surface area contributed by atoms with Crippen molar-refractivity contribution >= 4 is 17.6 Å². The van der Waals surface area contributed by atoms with Crippen LogP contribution in [0.15, 0.2) is 24.3 Å². The molecule has 6 heteroatoms. The Labute approximate surface area is 155 Å². The molecule has 1 aromatic rings. The van der Waals surface area contributed by atoms with Gasteiger partial charge < -0.3 is 20.3 Å². The third-order valence-electron chi connectivity index (χ3n) is 5.22. The van der Waals surface area contributed by atoms with Crippen LogP contribution >= 0.6 is 0 Å². The van der Waals surface area contributed by atoms with Crippen LogP contribution in [0, 0.1) is 0 Å². The van der Waals surface area contributed by atoms with Crippen molar-refractivity contribution in [1.29, 1.82) is 0 Å². The van der Waals surface area contributed by atoms with E-state index in [1.807, 2.05) is 24.3 Å². The molecule has 142 valence electrons. The highest BCUT2D eigenvalue weighted by molar-refractivity contribution is 5.95. The fourth-order valence-electron chi connectivity index (χ4n) is 3.60. The van der Waals surface area contributed by atoms with Crippen LogP contribution in [0.1, 0.15) is 44.6 Å². The van der Waals surface area contributed by atoms with Gasteiger partial charge in [-0.1, -0.05) is 38.3 Å². The van der Waals surface area contributed by atoms with E-state index in [4.69, 9.17) is 4.74 Å². The summed E-state index contributed by atoms with van der Waals surface area (Å²) in [5.41, 5.74) is 2.12. The lowest BCUT2D eigenvalue weighted by Crippen LogP contribution is -2.52. The molecule has 1 aliphatic carbocycles. The summed E-state index contributed by atoms with van der Waals surface area (Å²) in [7, 11) is 0. The Morgan fingerprint density at radius 3 is 2.62 bits per heavy atom. The molecular formula is C20H29N3O3. The highest BCUT2D eigenvalue weighted by Crippen LogP contribution is 2.20. The van der Waals surface area contributed by atoms with Crippen molar-refractivity contribution in [1.82, 2.24) is 10.6 Å². The maximum Gasteiger partial charge on any atom is 0.315 e. The zero-order valence-electron chi connectivity index (χ0n) is 15.5. The van der Waals surface area contributed by atoms with Gasteiger partial charge in [-0.3, -0.25) is 4.79 Å². The van der Waals surface area contributed by atoms with Crippen LogP contribution in [0.2, 0.25) is 0 Å². The summed E-state index contributed by atoms with van der Waals surface area (Å²) in [5.74, 6) is -0.0443. The van der Waals surface area contributed by atoms with Crippen LogP contribution in [0.3, 0.4) is 0 Å². The van der Waals surface area contributed by atoms with Crippen molar-refractivity contribution in [2.24, 2.45) is 0 Å². The van der Waals surface area contributed by atoms with E-state index < -0.39 is 0 Å². The zero-order chi connectivity index (χ0) is 18.4. The smallest absolute Gasteiger partial charge is 0.315 e. The lowest BCUT2D eigenvalue weighted by atomic mass is 9.96. The van der Waals surface area contributed by atoms with Crippen molar-refractivity contribution in [3.8, 4) is 0 Å². The molecule has 1 aromatic carbocycles. The summed E-state index contributed by atoms with van der Waals surface area (Å²) in [4.78, 5) is 26.0. The number of hydrogen-bond acceptors (Lipinski definition) is 3. The van der Waals surface area contributed by atoms with E-state index in [9.17, 15) is 9.59 Å². The van der Waals surface area contributed by atoms with Gasteiger partial charge in [0, 0.05) is 18.3 Å². The Balaban J connectivity index is 1.49. The molecule has 1 saturated heterocycles. The first kappa shape index (κ1) is 18.7. The van der Waals surface area contributed by atoms with Gasteiger partial charge >= 0.3 is 6.03 Å². The van der Waals surface area contributed by atoms with Gasteiger partial charge in [0.2, 0.25) is 0 Å². The number of morpholine rings is 1. The molecule has 0 spiro atoms. The number of nitrogens with one attached hydrogen (secondary N) is 2. The first-order chi connectivity index (χ1) is 12.7. The quantitative estimate of drug-likeness (QED) is 0.849. The molecule has 1 heterocycles. The first-order valence-electron chi connectivity index (χ1n) is 9.71. The fraction of sp³-hybridized carbons (Fsp3) is 0.600. The molecule has 0 radical (unpaired) electrons. The van der Waals surface area contributed by atoms with Crippen molar-refractivity contribution in [3.05, 3.63) is 29.8 Å². The molecule has 1 saturated carbocycles. The molecule has 2 fully saturated rings. The van der Waals surface area contributed by atoms with Gasteiger partial charge in [0.25, 0.3) is 5.91 Å². The molecule has 3 amide bonds. The molecule has 26 heavy (non-hydrogen) atoms. The van der Waals surface area contributed by atoms with Gasteiger partial charge in [0.1, 0.15) is 6.61 Å². The van der Waals surface area contributed by atoms with Crippen LogP contribution in [0.4, 0.5) is 10.5 Å². The monoisotopic (exact) mass is 359 g/mol. The summed E-state index contributed by atoms with van der Waals surface area (Å²) >= 11 is 0. The summed E-state index contributed by atoms with van der Waals surface area (Å²) < 4.78 is 5.59. The number of rotatable bonds is 5. The number of urea groups is 1. The van der Waals surface area contributed by atoms with Gasteiger partial charge in [-0.05, 0) is 37.0 Å². The molecule has 0 aromatic heterocycles. The van der Waals surface area contributed by atoms with E-state index in [0.717, 1.165) is 24.9 Å². The van der Waals surface area contributed by atoms with E-state index in [1.165, 1.54) is 24.8 Å². The number of nitrogens with zero attached hydrogens (tertiary/aromatic N) is 1. The zero-order valence-corrected chi connectivity index (χ0v) is 15.5. The lowest BCUT2D eigenvalue weighted by molar-refractivity contribution is -0.129. The molecular weight excluding hydrogens is 330 g/mol. The summed E-state index contributed by atoms with van der Waals surface area (Å²) in [5, 5.41) is 5.93. The first-order valence-corrected chi connectivity index (χ1v) is 9.71. The molecule has 2 aliphatic rings. The van der Waals surface area contributed by atoms with Crippen molar-refractivity contribution < 1.29 is 14.3 Å².